The Morgan fingerprint density at radius 2 is 1.02 bits per heavy atom. The summed E-state index contributed by atoms with van der Waals surface area (Å²) < 4.78 is 33.4. The van der Waals surface area contributed by atoms with Crippen LogP contribution in [0.25, 0.3) is 0 Å². The summed E-state index contributed by atoms with van der Waals surface area (Å²) in [7, 11) is -4.51. The molecule has 10 heteroatoms. The zero-order chi connectivity index (χ0) is 38.9. The summed E-state index contributed by atoms with van der Waals surface area (Å²) in [5, 5.41) is 18.3. The molecule has 0 saturated heterocycles. The number of carbonyl (C=O) groups is 1. The Balaban J connectivity index is 4.16. The van der Waals surface area contributed by atoms with Gasteiger partial charge in [0.25, 0.3) is 0 Å². The fraction of sp³-hybridized carbons (Fsp3) is 0.884. The number of unbranched alkanes of at least 4 members (excludes halogenated alkanes) is 24. The number of rotatable bonds is 42. The first-order chi connectivity index (χ1) is 25.8. The van der Waals surface area contributed by atoms with Crippen LogP contribution in [0.3, 0.4) is 0 Å². The molecule has 0 spiro atoms. The van der Waals surface area contributed by atoms with Crippen molar-refractivity contribution in [3.05, 3.63) is 24.3 Å². The third kappa shape index (κ3) is 40.4. The first-order valence-corrected chi connectivity index (χ1v) is 23.3. The number of ether oxygens (including phenoxy) is 2. The zero-order valence-electron chi connectivity index (χ0n) is 34.2. The molecule has 0 bridgehead atoms. The van der Waals surface area contributed by atoms with Crippen LogP contribution in [0.4, 0.5) is 0 Å². The number of esters is 1. The Morgan fingerprint density at radius 3 is 1.55 bits per heavy atom. The number of phosphoric ester groups is 1. The average Bonchev–Trinajstić information content (AvgIpc) is 3.15. The third-order valence-corrected chi connectivity index (χ3v) is 10.3. The van der Waals surface area contributed by atoms with Crippen molar-refractivity contribution < 1.29 is 43.0 Å². The van der Waals surface area contributed by atoms with Crippen LogP contribution in [0, 0.1) is 0 Å². The van der Waals surface area contributed by atoms with Crippen LogP contribution in [0.5, 0.6) is 0 Å². The van der Waals surface area contributed by atoms with Gasteiger partial charge in [-0.1, -0.05) is 173 Å². The first kappa shape index (κ1) is 51.9. The van der Waals surface area contributed by atoms with Gasteiger partial charge in [0.1, 0.15) is 12.2 Å². The van der Waals surface area contributed by atoms with Crippen LogP contribution in [0.15, 0.2) is 24.3 Å². The molecular formula is C43H83O9P. The molecule has 9 nitrogen and oxygen atoms in total. The van der Waals surface area contributed by atoms with Crippen LogP contribution in [-0.2, 0) is 27.9 Å². The van der Waals surface area contributed by atoms with E-state index in [4.69, 9.17) is 23.6 Å². The molecule has 0 amide bonds. The fourth-order valence-electron chi connectivity index (χ4n) is 6.03. The van der Waals surface area contributed by atoms with Crippen molar-refractivity contribution in [3.63, 3.8) is 0 Å². The molecule has 0 radical (unpaired) electrons. The Labute approximate surface area is 325 Å². The van der Waals surface area contributed by atoms with E-state index in [1.165, 1.54) is 128 Å². The summed E-state index contributed by atoms with van der Waals surface area (Å²) in [5.74, 6) is -0.388. The molecule has 0 saturated carbocycles. The minimum Gasteiger partial charge on any atom is -0.457 e. The number of aliphatic hydroxyl groups is 2. The highest BCUT2D eigenvalue weighted by molar-refractivity contribution is 7.47. The second-order valence-electron chi connectivity index (χ2n) is 14.7. The Bertz CT molecular complexity index is 882. The average molecular weight is 775 g/mol. The SMILES string of the molecule is CCCCC/C=C\C/C=C\CCCCCCCCCC(=O)OC(COCCCCCCCCCCCCCCCCC)COP(=O)(O)OCC(O)CO. The van der Waals surface area contributed by atoms with Gasteiger partial charge in [0.05, 0.1) is 26.4 Å². The van der Waals surface area contributed by atoms with Gasteiger partial charge in [-0.05, 0) is 44.9 Å². The molecule has 0 rings (SSSR count). The lowest BCUT2D eigenvalue weighted by molar-refractivity contribution is -0.154. The minimum absolute atomic E-state index is 0.0501. The zero-order valence-corrected chi connectivity index (χ0v) is 35.1. The molecule has 3 N–H and O–H groups in total. The normalized spacial score (nSPS) is 14.3. The summed E-state index contributed by atoms with van der Waals surface area (Å²) in [4.78, 5) is 22.6. The van der Waals surface area contributed by atoms with E-state index in [9.17, 15) is 19.4 Å². The van der Waals surface area contributed by atoms with Crippen LogP contribution in [0.2, 0.25) is 0 Å². The van der Waals surface area contributed by atoms with Crippen LogP contribution >= 0.6 is 7.82 Å². The lowest BCUT2D eigenvalue weighted by atomic mass is 10.0. The lowest BCUT2D eigenvalue weighted by Crippen LogP contribution is -2.29. The molecule has 0 aromatic heterocycles. The number of carbonyl (C=O) groups excluding carboxylic acids is 1. The molecule has 0 aromatic carbocycles. The molecule has 0 heterocycles. The fourth-order valence-corrected chi connectivity index (χ4v) is 6.82. The largest absolute Gasteiger partial charge is 0.472 e. The summed E-state index contributed by atoms with van der Waals surface area (Å²) >= 11 is 0. The monoisotopic (exact) mass is 775 g/mol. The highest BCUT2D eigenvalue weighted by Gasteiger charge is 2.26. The standard InChI is InChI=1S/C43H83O9P/c1-3-5-7-9-11-13-15-17-19-20-21-23-25-27-29-31-33-35-43(46)52-42(40-51-53(47,48)50-38-41(45)37-44)39-49-36-34-32-30-28-26-24-22-18-16-14-12-10-8-6-4-2/h11,13,17,19,41-42,44-45H,3-10,12,14-16,18,20-40H2,1-2H3,(H,47,48)/b13-11-,19-17-. The summed E-state index contributed by atoms with van der Waals surface area (Å²) in [6.07, 6.45) is 41.3. The maximum Gasteiger partial charge on any atom is 0.472 e. The number of aliphatic hydroxyl groups excluding tert-OH is 2. The van der Waals surface area contributed by atoms with E-state index in [0.717, 1.165) is 51.4 Å². The molecule has 0 aliphatic rings. The van der Waals surface area contributed by atoms with Crippen LogP contribution < -0.4 is 0 Å². The van der Waals surface area contributed by atoms with E-state index in [-0.39, 0.29) is 25.6 Å². The van der Waals surface area contributed by atoms with Gasteiger partial charge in [0.15, 0.2) is 0 Å². The molecular weight excluding hydrogens is 691 g/mol. The molecule has 3 unspecified atom stereocenters. The quantitative estimate of drug-likeness (QED) is 0.0240. The van der Waals surface area contributed by atoms with Crippen molar-refractivity contribution in [1.29, 1.82) is 0 Å². The lowest BCUT2D eigenvalue weighted by Gasteiger charge is -2.20. The van der Waals surface area contributed by atoms with Gasteiger partial charge in [-0.3, -0.25) is 13.8 Å². The molecule has 0 aliphatic carbocycles. The smallest absolute Gasteiger partial charge is 0.457 e. The van der Waals surface area contributed by atoms with E-state index >= 15 is 0 Å². The molecule has 0 aliphatic heterocycles. The molecule has 0 aromatic rings. The first-order valence-electron chi connectivity index (χ1n) is 21.8. The summed E-state index contributed by atoms with van der Waals surface area (Å²) in [6.45, 7) is 3.51. The molecule has 3 atom stereocenters. The van der Waals surface area contributed by atoms with Gasteiger partial charge in [-0.25, -0.2) is 4.57 Å². The Kier molecular flexibility index (Phi) is 39.8. The number of hydrogen-bond acceptors (Lipinski definition) is 8. The molecule has 53 heavy (non-hydrogen) atoms. The maximum atomic E-state index is 12.6. The Morgan fingerprint density at radius 1 is 0.585 bits per heavy atom. The van der Waals surface area contributed by atoms with Gasteiger partial charge < -0.3 is 24.6 Å². The van der Waals surface area contributed by atoms with Gasteiger partial charge in [0, 0.05) is 13.0 Å². The predicted octanol–water partition coefficient (Wildman–Crippen LogP) is 11.9. The minimum atomic E-state index is -4.51. The van der Waals surface area contributed by atoms with Crippen LogP contribution in [-0.4, -0.2) is 66.3 Å². The topological polar surface area (TPSA) is 132 Å². The van der Waals surface area contributed by atoms with Crippen LogP contribution in [0.1, 0.15) is 200 Å². The van der Waals surface area contributed by atoms with Crippen molar-refractivity contribution in [2.75, 3.05) is 33.0 Å². The molecule has 314 valence electrons. The Hall–Kier alpha value is -1.06. The summed E-state index contributed by atoms with van der Waals surface area (Å²) in [6, 6.07) is 0. The second-order valence-corrected chi connectivity index (χ2v) is 16.2. The van der Waals surface area contributed by atoms with Gasteiger partial charge in [0.2, 0.25) is 0 Å². The predicted molar refractivity (Wildman–Crippen MR) is 219 cm³/mol. The van der Waals surface area contributed by atoms with Crippen molar-refractivity contribution >= 4 is 13.8 Å². The maximum absolute atomic E-state index is 12.6. The summed E-state index contributed by atoms with van der Waals surface area (Å²) in [5.41, 5.74) is 0. The van der Waals surface area contributed by atoms with Crippen molar-refractivity contribution in [2.45, 2.75) is 212 Å². The highest BCUT2D eigenvalue weighted by Crippen LogP contribution is 2.43. The molecule has 0 fully saturated rings. The number of hydrogen-bond donors (Lipinski definition) is 3. The number of allylic oxidation sites excluding steroid dienone is 4. The van der Waals surface area contributed by atoms with E-state index in [1.54, 1.807) is 0 Å². The van der Waals surface area contributed by atoms with E-state index in [0.29, 0.717) is 6.61 Å². The highest BCUT2D eigenvalue weighted by atomic mass is 31.2. The van der Waals surface area contributed by atoms with Gasteiger partial charge in [-0.15, -0.1) is 0 Å². The van der Waals surface area contributed by atoms with E-state index in [1.807, 2.05) is 0 Å². The second kappa shape index (κ2) is 40.6. The van der Waals surface area contributed by atoms with Gasteiger partial charge >= 0.3 is 13.8 Å². The van der Waals surface area contributed by atoms with Crippen molar-refractivity contribution in [3.8, 4) is 0 Å². The van der Waals surface area contributed by atoms with E-state index in [2.05, 4.69) is 38.2 Å². The van der Waals surface area contributed by atoms with Crippen molar-refractivity contribution in [1.82, 2.24) is 0 Å². The van der Waals surface area contributed by atoms with E-state index < -0.39 is 33.2 Å². The third-order valence-electron chi connectivity index (χ3n) is 9.39. The van der Waals surface area contributed by atoms with Crippen molar-refractivity contribution in [2.24, 2.45) is 0 Å². The number of phosphoric acid groups is 1. The van der Waals surface area contributed by atoms with Gasteiger partial charge in [-0.2, -0.15) is 0 Å².